The number of methoxy groups -OCH3 is 1. The van der Waals surface area contributed by atoms with Crippen LogP contribution in [-0.2, 0) is 6.54 Å². The summed E-state index contributed by atoms with van der Waals surface area (Å²) in [7, 11) is 1.63. The molecule has 1 aliphatic carbocycles. The van der Waals surface area contributed by atoms with Gasteiger partial charge in [0, 0.05) is 18.8 Å². The summed E-state index contributed by atoms with van der Waals surface area (Å²) in [5.74, 6) is 1.12. The van der Waals surface area contributed by atoms with Crippen LogP contribution in [0, 0.1) is 0 Å². The standard InChI is InChI=1S/C19H24N4O2/c1-25-16-9-7-14(8-10-16)13-21-18(24)17-11-12-20-19(23-17)22-15-5-3-2-4-6-15/h7-12,15H,2-6,13H2,1H3,(H,21,24)(H,20,22,23). The Morgan fingerprint density at radius 2 is 1.92 bits per heavy atom. The van der Waals surface area contributed by atoms with E-state index in [1.54, 1.807) is 19.4 Å². The maximum Gasteiger partial charge on any atom is 0.270 e. The molecule has 1 fully saturated rings. The predicted molar refractivity (Wildman–Crippen MR) is 96.7 cm³/mol. The second-order valence-corrected chi connectivity index (χ2v) is 6.28. The smallest absolute Gasteiger partial charge is 0.270 e. The van der Waals surface area contributed by atoms with Crippen molar-refractivity contribution < 1.29 is 9.53 Å². The minimum atomic E-state index is -0.204. The maximum absolute atomic E-state index is 12.3. The first-order valence-corrected chi connectivity index (χ1v) is 8.75. The molecule has 0 spiro atoms. The average Bonchev–Trinajstić information content (AvgIpc) is 2.67. The first kappa shape index (κ1) is 17.2. The number of amides is 1. The van der Waals surface area contributed by atoms with Gasteiger partial charge in [-0.05, 0) is 36.6 Å². The highest BCUT2D eigenvalue weighted by Crippen LogP contribution is 2.20. The number of nitrogens with zero attached hydrogens (tertiary/aromatic N) is 2. The molecule has 1 amide bonds. The average molecular weight is 340 g/mol. The lowest BCUT2D eigenvalue weighted by Gasteiger charge is -2.22. The number of benzene rings is 1. The Bertz CT molecular complexity index is 697. The van der Waals surface area contributed by atoms with Gasteiger partial charge in [-0.15, -0.1) is 0 Å². The number of carbonyl (C=O) groups is 1. The number of ether oxygens (including phenoxy) is 1. The Morgan fingerprint density at radius 1 is 1.16 bits per heavy atom. The van der Waals surface area contributed by atoms with Crippen LogP contribution in [-0.4, -0.2) is 29.0 Å². The Labute approximate surface area is 148 Å². The zero-order chi connectivity index (χ0) is 17.5. The van der Waals surface area contributed by atoms with Crippen molar-refractivity contribution >= 4 is 11.9 Å². The van der Waals surface area contributed by atoms with E-state index in [9.17, 15) is 4.79 Å². The van der Waals surface area contributed by atoms with E-state index in [0.29, 0.717) is 24.2 Å². The number of carbonyl (C=O) groups excluding carboxylic acids is 1. The monoisotopic (exact) mass is 340 g/mol. The zero-order valence-electron chi connectivity index (χ0n) is 14.5. The normalized spacial score (nSPS) is 14.8. The Kier molecular flexibility index (Phi) is 5.82. The van der Waals surface area contributed by atoms with Crippen molar-refractivity contribution in [2.75, 3.05) is 12.4 Å². The van der Waals surface area contributed by atoms with Crippen LogP contribution in [0.2, 0.25) is 0 Å². The van der Waals surface area contributed by atoms with E-state index in [0.717, 1.165) is 24.2 Å². The quantitative estimate of drug-likeness (QED) is 0.845. The van der Waals surface area contributed by atoms with E-state index in [-0.39, 0.29) is 5.91 Å². The van der Waals surface area contributed by atoms with E-state index < -0.39 is 0 Å². The van der Waals surface area contributed by atoms with Gasteiger partial charge in [-0.1, -0.05) is 31.4 Å². The van der Waals surface area contributed by atoms with Crippen LogP contribution in [0.15, 0.2) is 36.5 Å². The molecule has 6 heteroatoms. The molecule has 1 heterocycles. The summed E-state index contributed by atoms with van der Waals surface area (Å²) in [6, 6.07) is 9.64. The third kappa shape index (κ3) is 4.92. The number of anilines is 1. The van der Waals surface area contributed by atoms with Crippen molar-refractivity contribution in [2.45, 2.75) is 44.7 Å². The molecule has 3 rings (SSSR count). The van der Waals surface area contributed by atoms with Gasteiger partial charge in [0.2, 0.25) is 5.95 Å². The van der Waals surface area contributed by atoms with Crippen molar-refractivity contribution in [3.8, 4) is 5.75 Å². The summed E-state index contributed by atoms with van der Waals surface area (Å²) in [6.07, 6.45) is 7.67. The fourth-order valence-electron chi connectivity index (χ4n) is 3.00. The highest BCUT2D eigenvalue weighted by molar-refractivity contribution is 5.92. The van der Waals surface area contributed by atoms with Crippen molar-refractivity contribution in [2.24, 2.45) is 0 Å². The molecule has 25 heavy (non-hydrogen) atoms. The van der Waals surface area contributed by atoms with E-state index in [2.05, 4.69) is 20.6 Å². The van der Waals surface area contributed by atoms with Gasteiger partial charge in [-0.2, -0.15) is 0 Å². The van der Waals surface area contributed by atoms with Gasteiger partial charge >= 0.3 is 0 Å². The van der Waals surface area contributed by atoms with Gasteiger partial charge in [0.25, 0.3) is 5.91 Å². The summed E-state index contributed by atoms with van der Waals surface area (Å²) in [5, 5.41) is 6.23. The molecule has 2 aromatic rings. The van der Waals surface area contributed by atoms with Gasteiger partial charge in [0.05, 0.1) is 7.11 Å². The molecule has 1 aliphatic rings. The summed E-state index contributed by atoms with van der Waals surface area (Å²) in [5.41, 5.74) is 1.38. The van der Waals surface area contributed by atoms with E-state index in [1.807, 2.05) is 24.3 Å². The second kappa shape index (κ2) is 8.46. The minimum absolute atomic E-state index is 0.204. The summed E-state index contributed by atoms with van der Waals surface area (Å²) < 4.78 is 5.13. The number of rotatable bonds is 6. The van der Waals surface area contributed by atoms with Crippen molar-refractivity contribution in [3.63, 3.8) is 0 Å². The first-order chi connectivity index (χ1) is 12.2. The van der Waals surface area contributed by atoms with Crippen LogP contribution in [0.25, 0.3) is 0 Å². The molecular weight excluding hydrogens is 316 g/mol. The molecule has 0 radical (unpaired) electrons. The zero-order valence-corrected chi connectivity index (χ0v) is 14.5. The molecular formula is C19H24N4O2. The van der Waals surface area contributed by atoms with Crippen molar-refractivity contribution in [3.05, 3.63) is 47.8 Å². The molecule has 1 aromatic carbocycles. The van der Waals surface area contributed by atoms with Crippen LogP contribution < -0.4 is 15.4 Å². The first-order valence-electron chi connectivity index (χ1n) is 8.75. The second-order valence-electron chi connectivity index (χ2n) is 6.28. The van der Waals surface area contributed by atoms with Gasteiger partial charge < -0.3 is 15.4 Å². The molecule has 1 saturated carbocycles. The van der Waals surface area contributed by atoms with Gasteiger partial charge in [0.15, 0.2) is 0 Å². The molecule has 132 valence electrons. The molecule has 1 aromatic heterocycles. The van der Waals surface area contributed by atoms with Crippen LogP contribution in [0.5, 0.6) is 5.75 Å². The van der Waals surface area contributed by atoms with Crippen LogP contribution in [0.3, 0.4) is 0 Å². The molecule has 0 unspecified atom stereocenters. The fourth-order valence-corrected chi connectivity index (χ4v) is 3.00. The van der Waals surface area contributed by atoms with Gasteiger partial charge in [0.1, 0.15) is 11.4 Å². The Balaban J connectivity index is 1.56. The molecule has 6 nitrogen and oxygen atoms in total. The van der Waals surface area contributed by atoms with E-state index in [1.165, 1.54) is 19.3 Å². The molecule has 0 bridgehead atoms. The minimum Gasteiger partial charge on any atom is -0.497 e. The summed E-state index contributed by atoms with van der Waals surface area (Å²) >= 11 is 0. The van der Waals surface area contributed by atoms with Crippen molar-refractivity contribution in [1.82, 2.24) is 15.3 Å². The Morgan fingerprint density at radius 3 is 2.64 bits per heavy atom. The van der Waals surface area contributed by atoms with Gasteiger partial charge in [-0.25, -0.2) is 9.97 Å². The number of hydrogen-bond donors (Lipinski definition) is 2. The molecule has 0 atom stereocenters. The third-order valence-electron chi connectivity index (χ3n) is 4.44. The highest BCUT2D eigenvalue weighted by atomic mass is 16.5. The number of hydrogen-bond acceptors (Lipinski definition) is 5. The highest BCUT2D eigenvalue weighted by Gasteiger charge is 2.15. The lowest BCUT2D eigenvalue weighted by Crippen LogP contribution is -2.26. The molecule has 0 saturated heterocycles. The lowest BCUT2D eigenvalue weighted by molar-refractivity contribution is 0.0946. The van der Waals surface area contributed by atoms with E-state index >= 15 is 0 Å². The largest absolute Gasteiger partial charge is 0.497 e. The van der Waals surface area contributed by atoms with Gasteiger partial charge in [-0.3, -0.25) is 4.79 Å². The van der Waals surface area contributed by atoms with Crippen LogP contribution in [0.1, 0.15) is 48.2 Å². The molecule has 2 N–H and O–H groups in total. The SMILES string of the molecule is COc1ccc(CNC(=O)c2ccnc(NC3CCCCC3)n2)cc1. The molecule has 0 aliphatic heterocycles. The number of nitrogens with one attached hydrogen (secondary N) is 2. The van der Waals surface area contributed by atoms with Crippen LogP contribution in [0.4, 0.5) is 5.95 Å². The maximum atomic E-state index is 12.3. The third-order valence-corrected chi connectivity index (χ3v) is 4.44. The fraction of sp³-hybridized carbons (Fsp3) is 0.421. The summed E-state index contributed by atoms with van der Waals surface area (Å²) in [4.78, 5) is 20.9. The Hall–Kier alpha value is -2.63. The topological polar surface area (TPSA) is 76.1 Å². The van der Waals surface area contributed by atoms with E-state index in [4.69, 9.17) is 4.74 Å². The summed E-state index contributed by atoms with van der Waals surface area (Å²) in [6.45, 7) is 0.443. The number of aromatic nitrogens is 2. The lowest BCUT2D eigenvalue weighted by atomic mass is 9.96. The van der Waals surface area contributed by atoms with Crippen LogP contribution >= 0.6 is 0 Å². The van der Waals surface area contributed by atoms with Crippen molar-refractivity contribution in [1.29, 1.82) is 0 Å². The predicted octanol–water partition coefficient (Wildman–Crippen LogP) is 3.16.